The predicted molar refractivity (Wildman–Crippen MR) is 84.7 cm³/mol. The fourth-order valence-corrected chi connectivity index (χ4v) is 3.00. The molecule has 0 saturated carbocycles. The van der Waals surface area contributed by atoms with Gasteiger partial charge in [0.1, 0.15) is 0 Å². The van der Waals surface area contributed by atoms with E-state index in [1.807, 2.05) is 12.1 Å². The molecule has 2 heterocycles. The summed E-state index contributed by atoms with van der Waals surface area (Å²) in [5.41, 5.74) is 0.489. The highest BCUT2D eigenvalue weighted by atomic mass is 35.5. The lowest BCUT2D eigenvalue weighted by Gasteiger charge is -2.38. The number of halogens is 1. The molecule has 1 amide bonds. The third-order valence-electron chi connectivity index (χ3n) is 4.15. The van der Waals surface area contributed by atoms with E-state index in [1.165, 1.54) is 0 Å². The van der Waals surface area contributed by atoms with Crippen LogP contribution in [0.15, 0.2) is 48.8 Å². The second-order valence-electron chi connectivity index (χ2n) is 5.58. The number of rotatable bonds is 2. The average Bonchev–Trinajstić information content (AvgIpc) is 2.56. The van der Waals surface area contributed by atoms with Crippen molar-refractivity contribution in [3.63, 3.8) is 0 Å². The van der Waals surface area contributed by atoms with E-state index >= 15 is 0 Å². The lowest BCUT2D eigenvalue weighted by molar-refractivity contribution is -0.0213. The maximum Gasteiger partial charge on any atom is 0.253 e. The van der Waals surface area contributed by atoms with Crippen molar-refractivity contribution in [1.29, 1.82) is 0 Å². The van der Waals surface area contributed by atoms with Crippen molar-refractivity contribution in [3.8, 4) is 0 Å². The molecule has 0 atom stereocenters. The molecule has 1 aliphatic heterocycles. The smallest absolute Gasteiger partial charge is 0.253 e. The number of pyridine rings is 1. The van der Waals surface area contributed by atoms with Crippen molar-refractivity contribution in [2.75, 3.05) is 13.1 Å². The van der Waals surface area contributed by atoms with Crippen molar-refractivity contribution >= 4 is 17.5 Å². The minimum Gasteiger partial charge on any atom is -0.385 e. The first-order chi connectivity index (χ1) is 10.6. The molecular formula is C17H17ClN2O2. The molecule has 0 unspecified atom stereocenters. The first-order valence-corrected chi connectivity index (χ1v) is 7.64. The van der Waals surface area contributed by atoms with Gasteiger partial charge in [-0.05, 0) is 37.1 Å². The molecule has 2 aromatic rings. The quantitative estimate of drug-likeness (QED) is 0.927. The molecule has 0 spiro atoms. The zero-order valence-electron chi connectivity index (χ0n) is 12.1. The number of hydrogen-bond donors (Lipinski definition) is 1. The molecule has 1 aromatic heterocycles. The Hall–Kier alpha value is -1.91. The largest absolute Gasteiger partial charge is 0.385 e. The van der Waals surface area contributed by atoms with Gasteiger partial charge in [0.05, 0.1) is 5.60 Å². The Kier molecular flexibility index (Phi) is 4.14. The third-order valence-corrected chi connectivity index (χ3v) is 4.38. The Morgan fingerprint density at radius 3 is 2.64 bits per heavy atom. The highest BCUT2D eigenvalue weighted by molar-refractivity contribution is 6.30. The molecule has 114 valence electrons. The summed E-state index contributed by atoms with van der Waals surface area (Å²) in [6, 6.07) is 10.6. The second kappa shape index (κ2) is 6.07. The molecule has 4 nitrogen and oxygen atoms in total. The Balaban J connectivity index is 1.70. The molecule has 1 saturated heterocycles. The van der Waals surface area contributed by atoms with Gasteiger partial charge in [-0.15, -0.1) is 0 Å². The van der Waals surface area contributed by atoms with Crippen LogP contribution in [0.5, 0.6) is 0 Å². The van der Waals surface area contributed by atoms with E-state index in [9.17, 15) is 9.90 Å². The number of carbonyl (C=O) groups is 1. The van der Waals surface area contributed by atoms with Crippen molar-refractivity contribution in [3.05, 3.63) is 64.9 Å². The van der Waals surface area contributed by atoms with Crippen LogP contribution < -0.4 is 0 Å². The predicted octanol–water partition coefficient (Wildman–Crippen LogP) is 2.86. The van der Waals surface area contributed by atoms with Crippen LogP contribution in [0.3, 0.4) is 0 Å². The van der Waals surface area contributed by atoms with Gasteiger partial charge in [-0.3, -0.25) is 9.78 Å². The van der Waals surface area contributed by atoms with Crippen molar-refractivity contribution in [2.45, 2.75) is 18.4 Å². The Bertz CT molecular complexity index is 667. The molecule has 0 radical (unpaired) electrons. The number of amides is 1. The molecule has 1 fully saturated rings. The van der Waals surface area contributed by atoms with Crippen molar-refractivity contribution in [1.82, 2.24) is 9.88 Å². The van der Waals surface area contributed by atoms with Crippen molar-refractivity contribution < 1.29 is 9.90 Å². The van der Waals surface area contributed by atoms with E-state index in [0.717, 1.165) is 5.56 Å². The number of aliphatic hydroxyl groups is 1. The van der Waals surface area contributed by atoms with Crippen LogP contribution in [0.4, 0.5) is 0 Å². The van der Waals surface area contributed by atoms with Gasteiger partial charge in [-0.25, -0.2) is 0 Å². The summed E-state index contributed by atoms with van der Waals surface area (Å²) < 4.78 is 0. The topological polar surface area (TPSA) is 53.4 Å². The van der Waals surface area contributed by atoms with Crippen LogP contribution in [-0.2, 0) is 5.60 Å². The van der Waals surface area contributed by atoms with Gasteiger partial charge in [0.15, 0.2) is 0 Å². The molecule has 0 bridgehead atoms. The fraction of sp³-hybridized carbons (Fsp3) is 0.294. The van der Waals surface area contributed by atoms with Crippen LogP contribution in [0.1, 0.15) is 28.8 Å². The van der Waals surface area contributed by atoms with Crippen LogP contribution in [0.2, 0.25) is 5.02 Å². The number of hydrogen-bond acceptors (Lipinski definition) is 3. The lowest BCUT2D eigenvalue weighted by atomic mass is 9.85. The van der Waals surface area contributed by atoms with Gasteiger partial charge < -0.3 is 10.0 Å². The first-order valence-electron chi connectivity index (χ1n) is 7.26. The van der Waals surface area contributed by atoms with E-state index in [2.05, 4.69) is 4.98 Å². The maximum absolute atomic E-state index is 12.5. The average molecular weight is 317 g/mol. The van der Waals surface area contributed by atoms with Crippen LogP contribution >= 0.6 is 11.6 Å². The van der Waals surface area contributed by atoms with Crippen LogP contribution in [0.25, 0.3) is 0 Å². The minimum absolute atomic E-state index is 0.0456. The standard InChI is InChI=1S/C17H17ClN2O2/c18-15-5-1-3-13(11-15)16(21)20-9-6-17(22,7-10-20)14-4-2-8-19-12-14/h1-5,8,11-12,22H,6-7,9-10H2. The van der Waals surface area contributed by atoms with Gasteiger partial charge in [0.2, 0.25) is 0 Å². The van der Waals surface area contributed by atoms with E-state index < -0.39 is 5.60 Å². The molecule has 3 rings (SSSR count). The van der Waals surface area contributed by atoms with Gasteiger partial charge in [-0.2, -0.15) is 0 Å². The lowest BCUT2D eigenvalue weighted by Crippen LogP contribution is -2.45. The number of piperidine rings is 1. The van der Waals surface area contributed by atoms with Gasteiger partial charge >= 0.3 is 0 Å². The monoisotopic (exact) mass is 316 g/mol. The summed E-state index contributed by atoms with van der Waals surface area (Å²) >= 11 is 5.94. The van der Waals surface area contributed by atoms with Crippen LogP contribution in [-0.4, -0.2) is 34.0 Å². The van der Waals surface area contributed by atoms with Crippen LogP contribution in [0, 0.1) is 0 Å². The minimum atomic E-state index is -0.903. The van der Waals surface area contributed by atoms with Crippen molar-refractivity contribution in [2.24, 2.45) is 0 Å². The summed E-state index contributed by atoms with van der Waals surface area (Å²) in [7, 11) is 0. The van der Waals surface area contributed by atoms with E-state index in [4.69, 9.17) is 11.6 Å². The summed E-state index contributed by atoms with van der Waals surface area (Å²) in [4.78, 5) is 18.3. The summed E-state index contributed by atoms with van der Waals surface area (Å²) in [6.45, 7) is 1.02. The number of likely N-dealkylation sites (tertiary alicyclic amines) is 1. The van der Waals surface area contributed by atoms with Gasteiger partial charge in [0.25, 0.3) is 5.91 Å². The van der Waals surface area contributed by atoms with E-state index in [0.29, 0.717) is 36.5 Å². The molecule has 1 N–H and O–H groups in total. The van der Waals surface area contributed by atoms with Gasteiger partial charge in [-0.1, -0.05) is 23.7 Å². The number of benzene rings is 1. The Labute approximate surface area is 134 Å². The zero-order chi connectivity index (χ0) is 15.6. The SMILES string of the molecule is O=C(c1cccc(Cl)c1)N1CCC(O)(c2cccnc2)CC1. The highest BCUT2D eigenvalue weighted by Crippen LogP contribution is 2.32. The first kappa shape index (κ1) is 15.0. The number of nitrogens with zero attached hydrogens (tertiary/aromatic N) is 2. The number of aromatic nitrogens is 1. The summed E-state index contributed by atoms with van der Waals surface area (Å²) in [5, 5.41) is 11.3. The third kappa shape index (κ3) is 2.98. The van der Waals surface area contributed by atoms with Gasteiger partial charge in [0, 0.05) is 41.6 Å². The Morgan fingerprint density at radius 1 is 1.23 bits per heavy atom. The normalized spacial score (nSPS) is 17.3. The van der Waals surface area contributed by atoms with E-state index in [-0.39, 0.29) is 5.91 Å². The fourth-order valence-electron chi connectivity index (χ4n) is 2.81. The molecule has 1 aromatic carbocycles. The number of carbonyl (C=O) groups excluding carboxylic acids is 1. The molecule has 0 aliphatic carbocycles. The second-order valence-corrected chi connectivity index (χ2v) is 6.01. The Morgan fingerprint density at radius 2 is 2.00 bits per heavy atom. The summed E-state index contributed by atoms with van der Waals surface area (Å²) in [6.07, 6.45) is 4.38. The molecular weight excluding hydrogens is 300 g/mol. The van der Waals surface area contributed by atoms with E-state index in [1.54, 1.807) is 41.6 Å². The molecule has 1 aliphatic rings. The summed E-state index contributed by atoms with van der Waals surface area (Å²) in [5.74, 6) is -0.0456. The molecule has 22 heavy (non-hydrogen) atoms. The molecule has 5 heteroatoms. The maximum atomic E-state index is 12.5. The zero-order valence-corrected chi connectivity index (χ0v) is 12.8. The highest BCUT2D eigenvalue weighted by Gasteiger charge is 2.35.